The summed E-state index contributed by atoms with van der Waals surface area (Å²) >= 11 is 0. The van der Waals surface area contributed by atoms with Gasteiger partial charge in [0.25, 0.3) is 0 Å². The van der Waals surface area contributed by atoms with Gasteiger partial charge in [-0.3, -0.25) is 0 Å². The second-order valence-electron chi connectivity index (χ2n) is 5.30. The number of hydrogen-bond donors (Lipinski definition) is 1. The van der Waals surface area contributed by atoms with Crippen molar-refractivity contribution in [3.8, 4) is 0 Å². The Balaban J connectivity index is 2.40. The maximum atomic E-state index is 3.65. The molecule has 16 heavy (non-hydrogen) atoms. The molecular formula is C13H29N3. The fourth-order valence-corrected chi connectivity index (χ4v) is 2.66. The quantitative estimate of drug-likeness (QED) is 0.740. The summed E-state index contributed by atoms with van der Waals surface area (Å²) in [6, 6.07) is 1.46. The molecule has 0 saturated heterocycles. The van der Waals surface area contributed by atoms with Gasteiger partial charge in [-0.1, -0.05) is 19.8 Å². The predicted molar refractivity (Wildman–Crippen MR) is 70.9 cm³/mol. The molecule has 0 spiro atoms. The Hall–Kier alpha value is -0.120. The van der Waals surface area contributed by atoms with Crippen molar-refractivity contribution < 1.29 is 0 Å². The first-order valence-electron chi connectivity index (χ1n) is 6.73. The molecule has 0 aromatic carbocycles. The normalized spacial score (nSPS) is 26.6. The summed E-state index contributed by atoms with van der Waals surface area (Å²) in [4.78, 5) is 4.81. The fraction of sp³-hybridized carbons (Fsp3) is 1.00. The lowest BCUT2D eigenvalue weighted by Gasteiger charge is -2.38. The van der Waals surface area contributed by atoms with Crippen molar-refractivity contribution in [3.63, 3.8) is 0 Å². The molecule has 2 atom stereocenters. The van der Waals surface area contributed by atoms with Crippen LogP contribution in [-0.4, -0.2) is 62.7 Å². The lowest BCUT2D eigenvalue weighted by Crippen LogP contribution is -2.51. The molecule has 0 radical (unpaired) electrons. The zero-order valence-electron chi connectivity index (χ0n) is 11.5. The third-order valence-corrected chi connectivity index (χ3v) is 3.66. The third-order valence-electron chi connectivity index (χ3n) is 3.66. The molecule has 1 N–H and O–H groups in total. The highest BCUT2D eigenvalue weighted by Crippen LogP contribution is 2.22. The first kappa shape index (κ1) is 13.9. The van der Waals surface area contributed by atoms with Crippen LogP contribution < -0.4 is 5.32 Å². The smallest absolute Gasteiger partial charge is 0.0246 e. The van der Waals surface area contributed by atoms with Gasteiger partial charge in [0.05, 0.1) is 0 Å². The molecule has 1 rings (SSSR count). The van der Waals surface area contributed by atoms with Crippen LogP contribution in [0.2, 0.25) is 0 Å². The Morgan fingerprint density at radius 1 is 1.06 bits per heavy atom. The predicted octanol–water partition coefficient (Wildman–Crippen LogP) is 1.40. The average molecular weight is 227 g/mol. The number of nitrogens with zero attached hydrogens (tertiary/aromatic N) is 2. The van der Waals surface area contributed by atoms with E-state index in [1.54, 1.807) is 0 Å². The van der Waals surface area contributed by atoms with Crippen molar-refractivity contribution in [1.82, 2.24) is 15.1 Å². The summed E-state index contributed by atoms with van der Waals surface area (Å²) in [6.07, 6.45) is 5.51. The summed E-state index contributed by atoms with van der Waals surface area (Å²) in [5.41, 5.74) is 0. The molecule has 96 valence electrons. The lowest BCUT2D eigenvalue weighted by atomic mass is 9.89. The van der Waals surface area contributed by atoms with Crippen LogP contribution in [-0.2, 0) is 0 Å². The maximum Gasteiger partial charge on any atom is 0.0246 e. The van der Waals surface area contributed by atoms with E-state index in [4.69, 9.17) is 0 Å². The first-order chi connectivity index (χ1) is 7.65. The van der Waals surface area contributed by atoms with E-state index in [0.717, 1.165) is 19.1 Å². The second-order valence-corrected chi connectivity index (χ2v) is 5.30. The minimum atomic E-state index is 0.714. The minimum Gasteiger partial charge on any atom is -0.313 e. The summed E-state index contributed by atoms with van der Waals surface area (Å²) in [5, 5.41) is 3.65. The van der Waals surface area contributed by atoms with Crippen LogP contribution in [0.25, 0.3) is 0 Å². The zero-order chi connectivity index (χ0) is 12.0. The largest absolute Gasteiger partial charge is 0.313 e. The van der Waals surface area contributed by atoms with E-state index in [1.165, 1.54) is 32.2 Å². The van der Waals surface area contributed by atoms with Crippen molar-refractivity contribution in [1.29, 1.82) is 0 Å². The van der Waals surface area contributed by atoms with Crippen LogP contribution in [0, 0.1) is 0 Å². The Morgan fingerprint density at radius 3 is 2.38 bits per heavy atom. The molecule has 1 fully saturated rings. The van der Waals surface area contributed by atoms with Gasteiger partial charge >= 0.3 is 0 Å². The van der Waals surface area contributed by atoms with E-state index in [9.17, 15) is 0 Å². The molecule has 3 nitrogen and oxygen atoms in total. The van der Waals surface area contributed by atoms with E-state index in [0.29, 0.717) is 6.04 Å². The number of rotatable bonds is 6. The van der Waals surface area contributed by atoms with Gasteiger partial charge < -0.3 is 15.1 Å². The van der Waals surface area contributed by atoms with Gasteiger partial charge in [0.2, 0.25) is 0 Å². The van der Waals surface area contributed by atoms with Crippen LogP contribution in [0.1, 0.15) is 32.6 Å². The van der Waals surface area contributed by atoms with E-state index in [1.807, 2.05) is 0 Å². The van der Waals surface area contributed by atoms with Crippen molar-refractivity contribution in [2.75, 3.05) is 40.8 Å². The first-order valence-corrected chi connectivity index (χ1v) is 6.73. The lowest BCUT2D eigenvalue weighted by molar-refractivity contribution is 0.141. The summed E-state index contributed by atoms with van der Waals surface area (Å²) < 4.78 is 0. The minimum absolute atomic E-state index is 0.714. The summed E-state index contributed by atoms with van der Waals surface area (Å²) in [5.74, 6) is 0. The number of hydrogen-bond acceptors (Lipinski definition) is 3. The van der Waals surface area contributed by atoms with Crippen molar-refractivity contribution in [2.45, 2.75) is 44.7 Å². The number of nitrogens with one attached hydrogen (secondary N) is 1. The zero-order valence-corrected chi connectivity index (χ0v) is 11.5. The van der Waals surface area contributed by atoms with Gasteiger partial charge in [-0.15, -0.1) is 0 Å². The Labute approximate surface area is 101 Å². The van der Waals surface area contributed by atoms with Crippen LogP contribution in [0.3, 0.4) is 0 Å². The molecule has 2 unspecified atom stereocenters. The van der Waals surface area contributed by atoms with Crippen molar-refractivity contribution in [3.05, 3.63) is 0 Å². The van der Waals surface area contributed by atoms with Crippen molar-refractivity contribution >= 4 is 0 Å². The molecule has 0 aliphatic heterocycles. The molecule has 0 heterocycles. The summed E-state index contributed by atoms with van der Waals surface area (Å²) in [6.45, 7) is 5.65. The van der Waals surface area contributed by atoms with Crippen molar-refractivity contribution in [2.24, 2.45) is 0 Å². The molecule has 3 heteroatoms. The highest BCUT2D eigenvalue weighted by molar-refractivity contribution is 4.86. The number of likely N-dealkylation sites (N-methyl/N-ethyl adjacent to an activating group) is 3. The molecule has 0 amide bonds. The molecule has 0 bridgehead atoms. The molecule has 1 saturated carbocycles. The molecule has 1 aliphatic carbocycles. The van der Waals surface area contributed by atoms with Gasteiger partial charge in [-0.25, -0.2) is 0 Å². The van der Waals surface area contributed by atoms with Crippen LogP contribution in [0.15, 0.2) is 0 Å². The van der Waals surface area contributed by atoms with E-state index in [-0.39, 0.29) is 0 Å². The van der Waals surface area contributed by atoms with E-state index >= 15 is 0 Å². The topological polar surface area (TPSA) is 18.5 Å². The highest BCUT2D eigenvalue weighted by Gasteiger charge is 2.27. The fourth-order valence-electron chi connectivity index (χ4n) is 2.66. The van der Waals surface area contributed by atoms with Gasteiger partial charge in [-0.2, -0.15) is 0 Å². The van der Waals surface area contributed by atoms with Gasteiger partial charge in [-0.05, 0) is 40.5 Å². The molecule has 0 aromatic heterocycles. The molecule has 1 aliphatic rings. The molecule has 0 aromatic rings. The summed E-state index contributed by atoms with van der Waals surface area (Å²) in [7, 11) is 6.58. The van der Waals surface area contributed by atoms with Crippen LogP contribution in [0.5, 0.6) is 0 Å². The van der Waals surface area contributed by atoms with Gasteiger partial charge in [0.1, 0.15) is 0 Å². The third kappa shape index (κ3) is 4.40. The Morgan fingerprint density at radius 2 is 1.75 bits per heavy atom. The van der Waals surface area contributed by atoms with E-state index in [2.05, 4.69) is 43.2 Å². The standard InChI is InChI=1S/C13H29N3/c1-5-14-12-8-6-7-9-13(12)16(4)11-10-15(2)3/h12-14H,5-11H2,1-4H3. The molecular weight excluding hydrogens is 198 g/mol. The highest BCUT2D eigenvalue weighted by atomic mass is 15.2. The maximum absolute atomic E-state index is 3.65. The SMILES string of the molecule is CCNC1CCCCC1N(C)CCN(C)C. The van der Waals surface area contributed by atoms with Crippen LogP contribution >= 0.6 is 0 Å². The van der Waals surface area contributed by atoms with Gasteiger partial charge in [0, 0.05) is 25.2 Å². The van der Waals surface area contributed by atoms with Gasteiger partial charge in [0.15, 0.2) is 0 Å². The monoisotopic (exact) mass is 227 g/mol. The second kappa shape index (κ2) is 7.25. The van der Waals surface area contributed by atoms with Crippen LogP contribution in [0.4, 0.5) is 0 Å². The Bertz CT molecular complexity index is 180. The average Bonchev–Trinajstić information content (AvgIpc) is 2.27. The Kier molecular flexibility index (Phi) is 6.32. The van der Waals surface area contributed by atoms with E-state index < -0.39 is 0 Å².